The number of carbonyl (C=O) groups excluding carboxylic acids is 1. The first-order chi connectivity index (χ1) is 14.0. The number of phenolic OH excluding ortho intramolecular Hbond substituents is 1. The second kappa shape index (κ2) is 8.55. The van der Waals surface area contributed by atoms with Crippen LogP contribution in [-0.2, 0) is 0 Å². The summed E-state index contributed by atoms with van der Waals surface area (Å²) < 4.78 is 21.3. The van der Waals surface area contributed by atoms with Crippen LogP contribution in [0.3, 0.4) is 0 Å². The number of rotatable bonds is 6. The van der Waals surface area contributed by atoms with Crippen molar-refractivity contribution in [1.29, 1.82) is 0 Å². The van der Waals surface area contributed by atoms with Crippen molar-refractivity contribution >= 4 is 17.1 Å². The second-order valence-electron chi connectivity index (χ2n) is 6.15. The minimum atomic E-state index is -0.534. The van der Waals surface area contributed by atoms with Crippen molar-refractivity contribution in [3.05, 3.63) is 46.6 Å². The van der Waals surface area contributed by atoms with Gasteiger partial charge in [-0.05, 0) is 30.7 Å². The second-order valence-corrected chi connectivity index (χ2v) is 6.15. The van der Waals surface area contributed by atoms with Crippen molar-refractivity contribution in [2.24, 2.45) is 0 Å². The topological polar surface area (TPSA) is 107 Å². The Bertz CT molecular complexity index is 1090. The van der Waals surface area contributed by atoms with Crippen molar-refractivity contribution in [3.63, 3.8) is 0 Å². The van der Waals surface area contributed by atoms with Crippen LogP contribution in [0.25, 0.3) is 22.3 Å². The van der Waals surface area contributed by atoms with Gasteiger partial charge >= 0.3 is 6.09 Å². The molecule has 0 unspecified atom stereocenters. The van der Waals surface area contributed by atoms with E-state index in [2.05, 4.69) is 5.32 Å². The van der Waals surface area contributed by atoms with E-state index in [1.165, 1.54) is 26.4 Å². The Balaban J connectivity index is 1.96. The van der Waals surface area contributed by atoms with Crippen molar-refractivity contribution in [2.45, 2.75) is 13.3 Å². The number of phenols is 1. The standard InChI is InChI=1S/C21H21NO7/c1-4-9-22-21(25)28-13-7-5-12(6-8-13)16-10-14(23)18-17(29-16)11-15(24)19(26-2)20(18)27-3/h5-8,10-11,24H,4,9H2,1-3H3,(H,22,25). The van der Waals surface area contributed by atoms with Crippen LogP contribution in [0.5, 0.6) is 23.0 Å². The zero-order chi connectivity index (χ0) is 21.0. The minimum absolute atomic E-state index is 0.0582. The summed E-state index contributed by atoms with van der Waals surface area (Å²) in [4.78, 5) is 24.3. The van der Waals surface area contributed by atoms with Gasteiger partial charge in [0, 0.05) is 24.2 Å². The molecule has 0 spiro atoms. The lowest BCUT2D eigenvalue weighted by Gasteiger charge is -2.12. The molecule has 2 N–H and O–H groups in total. The van der Waals surface area contributed by atoms with E-state index in [0.29, 0.717) is 17.9 Å². The number of aromatic hydroxyl groups is 1. The quantitative estimate of drug-likeness (QED) is 0.651. The van der Waals surface area contributed by atoms with Crippen LogP contribution < -0.4 is 25.0 Å². The fourth-order valence-corrected chi connectivity index (χ4v) is 2.85. The lowest BCUT2D eigenvalue weighted by molar-refractivity contribution is 0.200. The van der Waals surface area contributed by atoms with Gasteiger partial charge in [0.15, 0.2) is 16.9 Å². The first-order valence-corrected chi connectivity index (χ1v) is 8.96. The summed E-state index contributed by atoms with van der Waals surface area (Å²) in [5.74, 6) is 0.595. The number of ether oxygens (including phenoxy) is 3. The summed E-state index contributed by atoms with van der Waals surface area (Å²) in [5, 5.41) is 12.9. The number of hydrogen-bond donors (Lipinski definition) is 2. The van der Waals surface area contributed by atoms with Crippen LogP contribution >= 0.6 is 0 Å². The Labute approximate surface area is 166 Å². The predicted octanol–water partition coefficient (Wildman–Crippen LogP) is 3.68. The van der Waals surface area contributed by atoms with Gasteiger partial charge in [0.05, 0.1) is 14.2 Å². The average molecular weight is 399 g/mol. The molecule has 152 valence electrons. The molecule has 0 atom stereocenters. The molecule has 0 aliphatic rings. The highest BCUT2D eigenvalue weighted by atomic mass is 16.6. The number of fused-ring (bicyclic) bond motifs is 1. The molecule has 29 heavy (non-hydrogen) atoms. The van der Waals surface area contributed by atoms with Crippen molar-refractivity contribution in [2.75, 3.05) is 20.8 Å². The highest BCUT2D eigenvalue weighted by Crippen LogP contribution is 2.42. The number of methoxy groups -OCH3 is 2. The van der Waals surface area contributed by atoms with Gasteiger partial charge < -0.3 is 29.1 Å². The summed E-state index contributed by atoms with van der Waals surface area (Å²) in [5.41, 5.74) is 0.400. The molecule has 8 nitrogen and oxygen atoms in total. The van der Waals surface area contributed by atoms with Crippen LogP contribution in [-0.4, -0.2) is 32.0 Å². The van der Waals surface area contributed by atoms with Gasteiger partial charge in [0.25, 0.3) is 0 Å². The third-order valence-corrected chi connectivity index (χ3v) is 4.19. The van der Waals surface area contributed by atoms with Gasteiger partial charge in [-0.1, -0.05) is 6.92 Å². The SMILES string of the molecule is CCCNC(=O)Oc1ccc(-c2cc(=O)c3c(OC)c(OC)c(O)cc3o2)cc1. The van der Waals surface area contributed by atoms with Gasteiger partial charge in [-0.15, -0.1) is 0 Å². The highest BCUT2D eigenvalue weighted by Gasteiger charge is 2.20. The van der Waals surface area contributed by atoms with Gasteiger partial charge in [-0.25, -0.2) is 4.79 Å². The van der Waals surface area contributed by atoms with Gasteiger partial charge in [-0.2, -0.15) is 0 Å². The number of carbonyl (C=O) groups is 1. The van der Waals surface area contributed by atoms with E-state index in [9.17, 15) is 14.7 Å². The third-order valence-electron chi connectivity index (χ3n) is 4.19. The molecule has 0 aliphatic carbocycles. The Morgan fingerprint density at radius 1 is 1.10 bits per heavy atom. The van der Waals surface area contributed by atoms with Crippen molar-refractivity contribution in [1.82, 2.24) is 5.32 Å². The van der Waals surface area contributed by atoms with E-state index < -0.39 is 6.09 Å². The van der Waals surface area contributed by atoms with Crippen LogP contribution in [0.4, 0.5) is 4.79 Å². The summed E-state index contributed by atoms with van der Waals surface area (Å²) >= 11 is 0. The maximum absolute atomic E-state index is 12.7. The Morgan fingerprint density at radius 3 is 2.41 bits per heavy atom. The van der Waals surface area contributed by atoms with Gasteiger partial charge in [0.2, 0.25) is 5.75 Å². The van der Waals surface area contributed by atoms with Gasteiger partial charge in [0.1, 0.15) is 22.5 Å². The largest absolute Gasteiger partial charge is 0.504 e. The maximum Gasteiger partial charge on any atom is 0.412 e. The predicted molar refractivity (Wildman–Crippen MR) is 107 cm³/mol. The first-order valence-electron chi connectivity index (χ1n) is 8.96. The molecule has 0 aliphatic heterocycles. The molecule has 0 saturated heterocycles. The van der Waals surface area contributed by atoms with E-state index in [1.807, 2.05) is 6.92 Å². The van der Waals surface area contributed by atoms with E-state index in [0.717, 1.165) is 6.42 Å². The zero-order valence-corrected chi connectivity index (χ0v) is 16.3. The molecule has 0 saturated carbocycles. The molecule has 0 fully saturated rings. The Kier molecular flexibility index (Phi) is 5.92. The van der Waals surface area contributed by atoms with Gasteiger partial charge in [-0.3, -0.25) is 4.79 Å². The number of hydrogen-bond acceptors (Lipinski definition) is 7. The zero-order valence-electron chi connectivity index (χ0n) is 16.3. The Morgan fingerprint density at radius 2 is 1.79 bits per heavy atom. The molecule has 1 aromatic heterocycles. The lowest BCUT2D eigenvalue weighted by Crippen LogP contribution is -2.27. The molecule has 3 rings (SSSR count). The first kappa shape index (κ1) is 20.1. The number of nitrogens with one attached hydrogen (secondary N) is 1. The fraction of sp³-hybridized carbons (Fsp3) is 0.238. The average Bonchev–Trinajstić information content (AvgIpc) is 2.71. The Hall–Kier alpha value is -3.68. The van der Waals surface area contributed by atoms with E-state index in [4.69, 9.17) is 18.6 Å². The lowest BCUT2D eigenvalue weighted by atomic mass is 10.1. The summed E-state index contributed by atoms with van der Waals surface area (Å²) in [6, 6.07) is 9.14. The smallest absolute Gasteiger partial charge is 0.412 e. The number of benzene rings is 2. The molecule has 2 aromatic carbocycles. The normalized spacial score (nSPS) is 10.6. The van der Waals surface area contributed by atoms with E-state index >= 15 is 0 Å². The van der Waals surface area contributed by atoms with E-state index in [1.54, 1.807) is 24.3 Å². The van der Waals surface area contributed by atoms with Crippen molar-refractivity contribution < 1.29 is 28.5 Å². The molecular weight excluding hydrogens is 378 g/mol. The fourth-order valence-electron chi connectivity index (χ4n) is 2.85. The molecule has 1 amide bonds. The third kappa shape index (κ3) is 4.11. The molecule has 0 bridgehead atoms. The minimum Gasteiger partial charge on any atom is -0.504 e. The monoisotopic (exact) mass is 399 g/mol. The molecule has 1 heterocycles. The maximum atomic E-state index is 12.7. The summed E-state index contributed by atoms with van der Waals surface area (Å²) in [7, 11) is 2.74. The molecular formula is C21H21NO7. The van der Waals surface area contributed by atoms with Crippen LogP contribution in [0.15, 0.2) is 45.6 Å². The summed E-state index contributed by atoms with van der Waals surface area (Å²) in [6.07, 6.45) is 0.273. The van der Waals surface area contributed by atoms with Crippen LogP contribution in [0.2, 0.25) is 0 Å². The number of amides is 1. The van der Waals surface area contributed by atoms with Crippen LogP contribution in [0, 0.1) is 0 Å². The van der Waals surface area contributed by atoms with Crippen LogP contribution in [0.1, 0.15) is 13.3 Å². The van der Waals surface area contributed by atoms with Crippen molar-refractivity contribution in [3.8, 4) is 34.3 Å². The molecule has 3 aromatic rings. The molecule has 8 heteroatoms. The summed E-state index contributed by atoms with van der Waals surface area (Å²) in [6.45, 7) is 2.47. The highest BCUT2D eigenvalue weighted by molar-refractivity contribution is 5.90. The van der Waals surface area contributed by atoms with E-state index in [-0.39, 0.29) is 39.4 Å². The molecule has 0 radical (unpaired) electrons.